The average molecular weight is 356 g/mol. The fourth-order valence-electron chi connectivity index (χ4n) is 4.04. The van der Waals surface area contributed by atoms with E-state index >= 15 is 0 Å². The first-order valence-electron chi connectivity index (χ1n) is 9.65. The zero-order chi connectivity index (χ0) is 18.5. The van der Waals surface area contributed by atoms with E-state index in [0.717, 1.165) is 30.4 Å². The second-order valence-corrected chi connectivity index (χ2v) is 7.51. The Labute approximate surface area is 154 Å². The van der Waals surface area contributed by atoms with Gasteiger partial charge in [0.05, 0.1) is 0 Å². The predicted molar refractivity (Wildman–Crippen MR) is 101 cm³/mol. The molecule has 1 fully saturated rings. The van der Waals surface area contributed by atoms with Gasteiger partial charge in [-0.2, -0.15) is 0 Å². The van der Waals surface area contributed by atoms with Crippen molar-refractivity contribution in [3.05, 3.63) is 59.7 Å². The van der Waals surface area contributed by atoms with Crippen LogP contribution < -0.4 is 0 Å². The number of carbonyl (C=O) groups excluding carboxylic acids is 1. The molecule has 1 aliphatic carbocycles. The van der Waals surface area contributed by atoms with Gasteiger partial charge in [0.25, 0.3) is 0 Å². The molecule has 0 heterocycles. The van der Waals surface area contributed by atoms with Crippen molar-refractivity contribution in [2.24, 2.45) is 11.8 Å². The third-order valence-electron chi connectivity index (χ3n) is 5.60. The van der Waals surface area contributed by atoms with Gasteiger partial charge in [-0.25, -0.2) is 8.78 Å². The van der Waals surface area contributed by atoms with Crippen molar-refractivity contribution in [2.75, 3.05) is 0 Å². The molecule has 1 saturated carbocycles. The van der Waals surface area contributed by atoms with Crippen molar-refractivity contribution < 1.29 is 13.6 Å². The van der Waals surface area contributed by atoms with E-state index in [1.54, 1.807) is 30.3 Å². The molecule has 3 heteroatoms. The minimum absolute atomic E-state index is 0.181. The summed E-state index contributed by atoms with van der Waals surface area (Å²) in [6.07, 6.45) is 7.99. The van der Waals surface area contributed by atoms with Crippen LogP contribution in [0.4, 0.5) is 8.78 Å². The first-order chi connectivity index (χ1) is 12.6. The summed E-state index contributed by atoms with van der Waals surface area (Å²) in [7, 11) is 0. The fourth-order valence-corrected chi connectivity index (χ4v) is 4.04. The van der Waals surface area contributed by atoms with Gasteiger partial charge in [0.15, 0.2) is 17.4 Å². The number of benzene rings is 2. The molecule has 138 valence electrons. The van der Waals surface area contributed by atoms with E-state index in [0.29, 0.717) is 23.5 Å². The smallest absolute Gasteiger partial charge is 0.163 e. The zero-order valence-corrected chi connectivity index (χ0v) is 15.3. The second kappa shape index (κ2) is 8.57. The molecule has 2 aromatic rings. The van der Waals surface area contributed by atoms with Gasteiger partial charge in [-0.05, 0) is 47.9 Å². The summed E-state index contributed by atoms with van der Waals surface area (Å²) < 4.78 is 26.4. The standard InChI is InChI=1S/C23H26F2O/c1-2-3-16-4-6-17(7-5-16)14-23(26)19-10-8-18(9-11-19)20-12-13-21(24)22(25)15-20/h8-13,15-17H,2-7,14H2,1H3/t16-,17-. The van der Waals surface area contributed by atoms with Crippen molar-refractivity contribution in [3.8, 4) is 11.1 Å². The number of rotatable bonds is 6. The van der Waals surface area contributed by atoms with Crippen LogP contribution in [0.15, 0.2) is 42.5 Å². The van der Waals surface area contributed by atoms with Crippen LogP contribution in [0.25, 0.3) is 11.1 Å². The molecule has 0 bridgehead atoms. The normalized spacial score (nSPS) is 20.1. The van der Waals surface area contributed by atoms with Crippen molar-refractivity contribution in [1.82, 2.24) is 0 Å². The first-order valence-corrected chi connectivity index (χ1v) is 9.65. The summed E-state index contributed by atoms with van der Waals surface area (Å²) in [6.45, 7) is 2.24. The van der Waals surface area contributed by atoms with E-state index in [2.05, 4.69) is 6.92 Å². The third-order valence-corrected chi connectivity index (χ3v) is 5.60. The van der Waals surface area contributed by atoms with Gasteiger partial charge < -0.3 is 0 Å². The summed E-state index contributed by atoms with van der Waals surface area (Å²) in [5.74, 6) is -0.181. The number of Topliss-reactive ketones (excluding diaryl/α,β-unsaturated/α-hetero) is 1. The number of ketones is 1. The van der Waals surface area contributed by atoms with Crippen LogP contribution in [0.2, 0.25) is 0 Å². The van der Waals surface area contributed by atoms with Crippen LogP contribution in [0.3, 0.4) is 0 Å². The monoisotopic (exact) mass is 356 g/mol. The van der Waals surface area contributed by atoms with Gasteiger partial charge in [-0.15, -0.1) is 0 Å². The maximum atomic E-state index is 13.4. The van der Waals surface area contributed by atoms with E-state index in [9.17, 15) is 13.6 Å². The largest absolute Gasteiger partial charge is 0.294 e. The van der Waals surface area contributed by atoms with Crippen LogP contribution in [0.5, 0.6) is 0 Å². The number of halogens is 2. The van der Waals surface area contributed by atoms with Crippen LogP contribution in [0.1, 0.15) is 62.2 Å². The summed E-state index contributed by atoms with van der Waals surface area (Å²) in [6, 6.07) is 11.0. The van der Waals surface area contributed by atoms with E-state index in [4.69, 9.17) is 0 Å². The topological polar surface area (TPSA) is 17.1 Å². The minimum Gasteiger partial charge on any atom is -0.294 e. The Morgan fingerprint density at radius 2 is 1.50 bits per heavy atom. The summed E-state index contributed by atoms with van der Waals surface area (Å²) in [4.78, 5) is 12.6. The van der Waals surface area contributed by atoms with Gasteiger partial charge in [0.1, 0.15) is 0 Å². The minimum atomic E-state index is -0.860. The summed E-state index contributed by atoms with van der Waals surface area (Å²) >= 11 is 0. The predicted octanol–water partition coefficient (Wildman–Crippen LogP) is 6.81. The SMILES string of the molecule is CCC[C@H]1CC[C@H](CC(=O)c2ccc(-c3ccc(F)c(F)c3)cc2)CC1. The summed E-state index contributed by atoms with van der Waals surface area (Å²) in [5, 5.41) is 0. The van der Waals surface area contributed by atoms with Crippen LogP contribution in [-0.4, -0.2) is 5.78 Å². The van der Waals surface area contributed by atoms with Gasteiger partial charge in [0.2, 0.25) is 0 Å². The molecular formula is C23H26F2O. The maximum absolute atomic E-state index is 13.4. The van der Waals surface area contributed by atoms with Crippen molar-refractivity contribution in [3.63, 3.8) is 0 Å². The number of carbonyl (C=O) groups is 1. The quantitative estimate of drug-likeness (QED) is 0.520. The van der Waals surface area contributed by atoms with Crippen molar-refractivity contribution in [2.45, 2.75) is 51.9 Å². The maximum Gasteiger partial charge on any atom is 0.163 e. The molecule has 0 amide bonds. The van der Waals surface area contributed by atoms with Gasteiger partial charge in [0, 0.05) is 12.0 Å². The lowest BCUT2D eigenvalue weighted by Crippen LogP contribution is -2.17. The Bertz CT molecular complexity index is 743. The highest BCUT2D eigenvalue weighted by Gasteiger charge is 2.23. The molecule has 3 rings (SSSR count). The zero-order valence-electron chi connectivity index (χ0n) is 15.3. The highest BCUT2D eigenvalue weighted by atomic mass is 19.2. The summed E-state index contributed by atoms with van der Waals surface area (Å²) in [5.41, 5.74) is 2.09. The molecular weight excluding hydrogens is 330 g/mol. The lowest BCUT2D eigenvalue weighted by atomic mass is 9.78. The molecule has 1 aliphatic rings. The lowest BCUT2D eigenvalue weighted by Gasteiger charge is -2.27. The van der Waals surface area contributed by atoms with Gasteiger partial charge in [-0.3, -0.25) is 4.79 Å². The van der Waals surface area contributed by atoms with E-state index in [1.165, 1.54) is 31.7 Å². The third kappa shape index (κ3) is 4.57. The fraction of sp³-hybridized carbons (Fsp3) is 0.435. The number of hydrogen-bond acceptors (Lipinski definition) is 1. The Morgan fingerprint density at radius 1 is 0.885 bits per heavy atom. The highest BCUT2D eigenvalue weighted by Crippen LogP contribution is 2.34. The molecule has 0 aromatic heterocycles. The molecule has 0 saturated heterocycles. The van der Waals surface area contributed by atoms with Gasteiger partial charge >= 0.3 is 0 Å². The van der Waals surface area contributed by atoms with Crippen LogP contribution >= 0.6 is 0 Å². The molecule has 0 atom stereocenters. The Morgan fingerprint density at radius 3 is 2.12 bits per heavy atom. The molecule has 2 aromatic carbocycles. The Hall–Kier alpha value is -2.03. The second-order valence-electron chi connectivity index (χ2n) is 7.51. The van der Waals surface area contributed by atoms with Gasteiger partial charge in [-0.1, -0.05) is 62.9 Å². The van der Waals surface area contributed by atoms with Crippen molar-refractivity contribution in [1.29, 1.82) is 0 Å². The molecule has 0 unspecified atom stereocenters. The molecule has 0 N–H and O–H groups in total. The molecule has 0 radical (unpaired) electrons. The Balaban J connectivity index is 1.59. The number of hydrogen-bond donors (Lipinski definition) is 0. The van der Waals surface area contributed by atoms with Crippen molar-refractivity contribution >= 4 is 5.78 Å². The van der Waals surface area contributed by atoms with Crippen LogP contribution in [-0.2, 0) is 0 Å². The highest BCUT2D eigenvalue weighted by molar-refractivity contribution is 5.96. The molecule has 0 aliphatic heterocycles. The first kappa shape index (κ1) is 18.8. The van der Waals surface area contributed by atoms with E-state index in [-0.39, 0.29) is 5.78 Å². The van der Waals surface area contributed by atoms with E-state index in [1.807, 2.05) is 0 Å². The molecule has 26 heavy (non-hydrogen) atoms. The Kier molecular flexibility index (Phi) is 6.18. The molecule has 1 nitrogen and oxygen atoms in total. The lowest BCUT2D eigenvalue weighted by molar-refractivity contribution is 0.0942. The van der Waals surface area contributed by atoms with E-state index < -0.39 is 11.6 Å². The average Bonchev–Trinajstić information content (AvgIpc) is 2.66. The van der Waals surface area contributed by atoms with Crippen LogP contribution in [0, 0.1) is 23.5 Å². The molecule has 0 spiro atoms.